The van der Waals surface area contributed by atoms with Crippen LogP contribution in [0.1, 0.15) is 21.5 Å². The lowest BCUT2D eigenvalue weighted by atomic mass is 9.99. The van der Waals surface area contributed by atoms with E-state index < -0.39 is 17.3 Å². The molecule has 22 heavy (non-hydrogen) atoms. The Morgan fingerprint density at radius 1 is 1.36 bits per heavy atom. The molecule has 1 aliphatic rings. The average Bonchev–Trinajstić information content (AvgIpc) is 2.53. The highest BCUT2D eigenvalue weighted by atomic mass is 19.1. The van der Waals surface area contributed by atoms with Gasteiger partial charge in [-0.1, -0.05) is 6.07 Å². The first-order valence-corrected chi connectivity index (χ1v) is 7.06. The van der Waals surface area contributed by atoms with Crippen molar-refractivity contribution in [3.05, 3.63) is 63.3 Å². The molecule has 1 aromatic heterocycles. The number of hydrogen-bond donors (Lipinski definition) is 2. The molecule has 0 saturated heterocycles. The van der Waals surface area contributed by atoms with Crippen molar-refractivity contribution < 1.29 is 9.18 Å². The molecule has 3 rings (SSSR count). The Morgan fingerprint density at radius 3 is 3.00 bits per heavy atom. The molecule has 6 heteroatoms. The first-order valence-electron chi connectivity index (χ1n) is 7.06. The first kappa shape index (κ1) is 14.5. The summed E-state index contributed by atoms with van der Waals surface area (Å²) in [5.41, 5.74) is 1.21. The number of aromatic nitrogens is 1. The molecule has 1 aliphatic heterocycles. The standard InChI is InChI=1S/C16H16FN3O2/c1-20-8-2-3-12(16(20)22)15(21)19-13-5-4-10-9-18-7-6-11(10)14(13)17/h2-5,8,18H,6-7,9H2,1H3,(H,19,21). The van der Waals surface area contributed by atoms with Crippen molar-refractivity contribution in [1.82, 2.24) is 9.88 Å². The normalized spacial score (nSPS) is 13.5. The molecule has 1 amide bonds. The van der Waals surface area contributed by atoms with Crippen molar-refractivity contribution in [1.29, 1.82) is 0 Å². The summed E-state index contributed by atoms with van der Waals surface area (Å²) in [5, 5.41) is 5.67. The number of amides is 1. The van der Waals surface area contributed by atoms with Crippen molar-refractivity contribution in [3.8, 4) is 0 Å². The van der Waals surface area contributed by atoms with Gasteiger partial charge >= 0.3 is 0 Å². The topological polar surface area (TPSA) is 63.1 Å². The molecule has 2 heterocycles. The molecular weight excluding hydrogens is 285 g/mol. The Labute approximate surface area is 126 Å². The predicted octanol–water partition coefficient (Wildman–Crippen LogP) is 1.42. The van der Waals surface area contributed by atoms with Crippen LogP contribution in [-0.2, 0) is 20.0 Å². The van der Waals surface area contributed by atoms with Crippen LogP contribution >= 0.6 is 0 Å². The number of halogens is 1. The van der Waals surface area contributed by atoms with Gasteiger partial charge in [-0.15, -0.1) is 0 Å². The maximum Gasteiger partial charge on any atom is 0.263 e. The number of carbonyl (C=O) groups is 1. The van der Waals surface area contributed by atoms with Gasteiger partial charge in [-0.05, 0) is 42.3 Å². The largest absolute Gasteiger partial charge is 0.319 e. The summed E-state index contributed by atoms with van der Waals surface area (Å²) in [6.07, 6.45) is 2.14. The number of pyridine rings is 1. The fraction of sp³-hybridized carbons (Fsp3) is 0.250. The Morgan fingerprint density at radius 2 is 2.18 bits per heavy atom. The smallest absolute Gasteiger partial charge is 0.263 e. The highest BCUT2D eigenvalue weighted by Gasteiger charge is 2.19. The third-order valence-electron chi connectivity index (χ3n) is 3.82. The van der Waals surface area contributed by atoms with E-state index in [1.165, 1.54) is 16.7 Å². The molecule has 114 valence electrons. The van der Waals surface area contributed by atoms with Crippen LogP contribution in [0.5, 0.6) is 0 Å². The summed E-state index contributed by atoms with van der Waals surface area (Å²) in [4.78, 5) is 24.1. The maximum atomic E-state index is 14.5. The zero-order valence-electron chi connectivity index (χ0n) is 12.1. The van der Waals surface area contributed by atoms with Gasteiger partial charge in [0, 0.05) is 19.8 Å². The second-order valence-corrected chi connectivity index (χ2v) is 5.28. The zero-order valence-corrected chi connectivity index (χ0v) is 12.1. The number of nitrogens with zero attached hydrogens (tertiary/aromatic N) is 1. The van der Waals surface area contributed by atoms with Gasteiger partial charge in [0.1, 0.15) is 11.4 Å². The molecule has 0 radical (unpaired) electrons. The van der Waals surface area contributed by atoms with E-state index in [0.717, 1.165) is 5.56 Å². The Kier molecular flexibility index (Phi) is 3.77. The number of aryl methyl sites for hydroxylation is 1. The number of hydrogen-bond acceptors (Lipinski definition) is 3. The third-order valence-corrected chi connectivity index (χ3v) is 3.82. The van der Waals surface area contributed by atoms with E-state index in [1.807, 2.05) is 0 Å². The Hall–Kier alpha value is -2.47. The first-order chi connectivity index (χ1) is 10.6. The molecule has 5 nitrogen and oxygen atoms in total. The van der Waals surface area contributed by atoms with E-state index in [9.17, 15) is 14.0 Å². The fourth-order valence-electron chi connectivity index (χ4n) is 2.59. The molecule has 0 fully saturated rings. The predicted molar refractivity (Wildman–Crippen MR) is 81.4 cm³/mol. The van der Waals surface area contributed by atoms with E-state index in [4.69, 9.17) is 0 Å². The third kappa shape index (κ3) is 2.53. The number of carbonyl (C=O) groups excluding carboxylic acids is 1. The highest BCUT2D eigenvalue weighted by Crippen LogP contribution is 2.24. The van der Waals surface area contributed by atoms with Crippen LogP contribution < -0.4 is 16.2 Å². The summed E-state index contributed by atoms with van der Waals surface area (Å²) in [5.74, 6) is -1.02. The molecule has 0 saturated carbocycles. The molecule has 0 atom stereocenters. The highest BCUT2D eigenvalue weighted by molar-refractivity contribution is 6.04. The van der Waals surface area contributed by atoms with E-state index in [1.54, 1.807) is 25.4 Å². The fourth-order valence-corrected chi connectivity index (χ4v) is 2.59. The molecule has 0 aliphatic carbocycles. The van der Waals surface area contributed by atoms with Gasteiger partial charge < -0.3 is 15.2 Å². The minimum Gasteiger partial charge on any atom is -0.319 e. The molecule has 2 N–H and O–H groups in total. The van der Waals surface area contributed by atoms with Gasteiger partial charge in [-0.2, -0.15) is 0 Å². The van der Waals surface area contributed by atoms with Crippen molar-refractivity contribution in [2.24, 2.45) is 7.05 Å². The number of anilines is 1. The quantitative estimate of drug-likeness (QED) is 0.882. The van der Waals surface area contributed by atoms with E-state index in [2.05, 4.69) is 10.6 Å². The maximum absolute atomic E-state index is 14.5. The van der Waals surface area contributed by atoms with Crippen LogP contribution in [0.15, 0.2) is 35.3 Å². The summed E-state index contributed by atoms with van der Waals surface area (Å²) in [7, 11) is 1.56. The van der Waals surface area contributed by atoms with Crippen LogP contribution in [-0.4, -0.2) is 17.0 Å². The van der Waals surface area contributed by atoms with Gasteiger partial charge in [0.2, 0.25) is 0 Å². The number of nitrogens with one attached hydrogen (secondary N) is 2. The minimum atomic E-state index is -0.603. The number of rotatable bonds is 2. The van der Waals surface area contributed by atoms with Crippen molar-refractivity contribution in [2.45, 2.75) is 13.0 Å². The number of benzene rings is 1. The van der Waals surface area contributed by atoms with Gasteiger partial charge in [0.25, 0.3) is 11.5 Å². The Balaban J connectivity index is 1.92. The van der Waals surface area contributed by atoms with Crippen LogP contribution in [0.3, 0.4) is 0 Å². The summed E-state index contributed by atoms with van der Waals surface area (Å²) < 4.78 is 15.8. The SMILES string of the molecule is Cn1cccc(C(=O)Nc2ccc3c(c2F)CCNC3)c1=O. The van der Waals surface area contributed by atoms with Crippen LogP contribution in [0.2, 0.25) is 0 Å². The molecule has 0 bridgehead atoms. The zero-order chi connectivity index (χ0) is 15.7. The van der Waals surface area contributed by atoms with Crippen molar-refractivity contribution >= 4 is 11.6 Å². The lowest BCUT2D eigenvalue weighted by Gasteiger charge is -2.19. The van der Waals surface area contributed by atoms with Gasteiger partial charge in [0.05, 0.1) is 5.69 Å². The summed E-state index contributed by atoms with van der Waals surface area (Å²) >= 11 is 0. The summed E-state index contributed by atoms with van der Waals surface area (Å²) in [6.45, 7) is 1.33. The molecule has 2 aromatic rings. The molecule has 1 aromatic carbocycles. The lowest BCUT2D eigenvalue weighted by molar-refractivity contribution is 0.102. The van der Waals surface area contributed by atoms with Gasteiger partial charge in [-0.3, -0.25) is 9.59 Å². The van der Waals surface area contributed by atoms with Crippen LogP contribution in [0.25, 0.3) is 0 Å². The van der Waals surface area contributed by atoms with Gasteiger partial charge in [0.15, 0.2) is 0 Å². The lowest BCUT2D eigenvalue weighted by Crippen LogP contribution is -2.28. The molecule has 0 unspecified atom stereocenters. The van der Waals surface area contributed by atoms with E-state index in [0.29, 0.717) is 25.1 Å². The van der Waals surface area contributed by atoms with Crippen molar-refractivity contribution in [2.75, 3.05) is 11.9 Å². The second kappa shape index (κ2) is 5.73. The van der Waals surface area contributed by atoms with E-state index in [-0.39, 0.29) is 11.3 Å². The van der Waals surface area contributed by atoms with E-state index >= 15 is 0 Å². The molecular formula is C16H16FN3O2. The van der Waals surface area contributed by atoms with Crippen LogP contribution in [0, 0.1) is 5.82 Å². The minimum absolute atomic E-state index is 0.0104. The van der Waals surface area contributed by atoms with Crippen LogP contribution in [0.4, 0.5) is 10.1 Å². The molecule has 0 spiro atoms. The monoisotopic (exact) mass is 301 g/mol. The summed E-state index contributed by atoms with van der Waals surface area (Å²) in [6, 6.07) is 6.36. The van der Waals surface area contributed by atoms with Gasteiger partial charge in [-0.25, -0.2) is 4.39 Å². The average molecular weight is 301 g/mol. The number of fused-ring (bicyclic) bond motifs is 1. The second-order valence-electron chi connectivity index (χ2n) is 5.28. The Bertz CT molecular complexity index is 798. The van der Waals surface area contributed by atoms with Crippen molar-refractivity contribution in [3.63, 3.8) is 0 Å².